The van der Waals surface area contributed by atoms with E-state index in [0.29, 0.717) is 44.3 Å². The summed E-state index contributed by atoms with van der Waals surface area (Å²) >= 11 is 0. The van der Waals surface area contributed by atoms with E-state index in [4.69, 9.17) is 11.5 Å². The molecule has 39 heavy (non-hydrogen) atoms. The van der Waals surface area contributed by atoms with Crippen molar-refractivity contribution in [2.45, 2.75) is 76.0 Å². The van der Waals surface area contributed by atoms with E-state index in [-0.39, 0.29) is 17.8 Å². The van der Waals surface area contributed by atoms with Crippen molar-refractivity contribution < 1.29 is 9.59 Å². The maximum atomic E-state index is 12.9. The third-order valence-corrected chi connectivity index (χ3v) is 8.09. The second-order valence-electron chi connectivity index (χ2n) is 11.7. The van der Waals surface area contributed by atoms with Gasteiger partial charge < -0.3 is 26.6 Å². The van der Waals surface area contributed by atoms with Gasteiger partial charge in [0.1, 0.15) is 5.82 Å². The molecule has 2 aromatic rings. The number of aryl methyl sites for hydroxylation is 1. The first-order valence-electron chi connectivity index (χ1n) is 13.9. The zero-order chi connectivity index (χ0) is 27.7. The Balaban J connectivity index is 1.18. The number of piperazine rings is 1. The largest absolute Gasteiger partial charge is 0.354 e. The smallest absolute Gasteiger partial charge is 0.338 e. The number of amides is 3. The summed E-state index contributed by atoms with van der Waals surface area (Å²) in [5.41, 5.74) is 13.9. The van der Waals surface area contributed by atoms with Crippen LogP contribution in [0.3, 0.4) is 0 Å². The van der Waals surface area contributed by atoms with E-state index >= 15 is 0 Å². The highest BCUT2D eigenvalue weighted by molar-refractivity contribution is 5.89. The number of rotatable bonds is 5. The van der Waals surface area contributed by atoms with Crippen molar-refractivity contribution in [2.24, 2.45) is 11.5 Å². The van der Waals surface area contributed by atoms with Crippen molar-refractivity contribution in [2.75, 3.05) is 31.5 Å². The van der Waals surface area contributed by atoms with Crippen molar-refractivity contribution in [1.29, 1.82) is 0 Å². The number of hydrogen-bond donors (Lipinski definition) is 4. The molecular formula is C28H40N8O3. The highest BCUT2D eigenvalue weighted by Gasteiger charge is 2.31. The molecule has 1 saturated carbocycles. The molecule has 5 rings (SSSR count). The third-order valence-electron chi connectivity index (χ3n) is 8.09. The summed E-state index contributed by atoms with van der Waals surface area (Å²) in [5, 5.41) is 6.51. The van der Waals surface area contributed by atoms with E-state index in [9.17, 15) is 14.4 Å². The molecule has 6 N–H and O–H groups in total. The van der Waals surface area contributed by atoms with E-state index < -0.39 is 11.2 Å². The molecule has 3 amide bonds. The number of carbonyl (C=O) groups excluding carboxylic acids is 2. The van der Waals surface area contributed by atoms with Gasteiger partial charge in [0.15, 0.2) is 0 Å². The minimum absolute atomic E-state index is 0.138. The summed E-state index contributed by atoms with van der Waals surface area (Å²) in [5.74, 6) is 0.0575. The third kappa shape index (κ3) is 6.32. The molecule has 2 fully saturated rings. The van der Waals surface area contributed by atoms with Crippen LogP contribution in [0.4, 0.5) is 10.6 Å². The summed E-state index contributed by atoms with van der Waals surface area (Å²) in [7, 11) is 0. The number of urea groups is 1. The first-order chi connectivity index (χ1) is 18.6. The average molecular weight is 537 g/mol. The molecule has 1 aromatic heterocycles. The van der Waals surface area contributed by atoms with Crippen LogP contribution in [-0.4, -0.2) is 81.1 Å². The van der Waals surface area contributed by atoms with Crippen molar-refractivity contribution in [1.82, 2.24) is 24.7 Å². The molecule has 1 unspecified atom stereocenters. The SMILES string of the molecule is CC(C)(N)C(=O)N1CCN(C(=O)Nc2ccn(-c3ccc4c(c3)CCC(N[C@H]3CC[C@@H](N)C3)C4)c(=O)n2)CC1. The molecule has 11 nitrogen and oxygen atoms in total. The van der Waals surface area contributed by atoms with Gasteiger partial charge in [0.2, 0.25) is 5.91 Å². The zero-order valence-electron chi connectivity index (χ0n) is 22.9. The lowest BCUT2D eigenvalue weighted by atomic mass is 9.87. The van der Waals surface area contributed by atoms with Crippen molar-refractivity contribution in [3.63, 3.8) is 0 Å². The molecule has 0 spiro atoms. The summed E-state index contributed by atoms with van der Waals surface area (Å²) in [6.07, 6.45) is 7.95. The van der Waals surface area contributed by atoms with E-state index in [1.54, 1.807) is 35.9 Å². The number of carbonyl (C=O) groups is 2. The molecule has 3 aliphatic rings. The number of hydrogen-bond acceptors (Lipinski definition) is 7. The molecule has 0 radical (unpaired) electrons. The molecule has 2 aliphatic carbocycles. The minimum Gasteiger partial charge on any atom is -0.338 e. The Kier molecular flexibility index (Phi) is 7.75. The summed E-state index contributed by atoms with van der Waals surface area (Å²) in [4.78, 5) is 45.3. The predicted molar refractivity (Wildman–Crippen MR) is 150 cm³/mol. The number of nitrogens with zero attached hydrogens (tertiary/aromatic N) is 4. The fraction of sp³-hybridized carbons (Fsp3) is 0.571. The predicted octanol–water partition coefficient (Wildman–Crippen LogP) is 0.973. The second kappa shape index (κ2) is 11.1. The molecule has 3 atom stereocenters. The van der Waals surface area contributed by atoms with Crippen LogP contribution >= 0.6 is 0 Å². The molecule has 1 saturated heterocycles. The Bertz CT molecular complexity index is 1280. The Morgan fingerprint density at radius 2 is 1.74 bits per heavy atom. The lowest BCUT2D eigenvalue weighted by Gasteiger charge is -2.37. The molecule has 210 valence electrons. The van der Waals surface area contributed by atoms with Crippen LogP contribution in [0.5, 0.6) is 0 Å². The lowest BCUT2D eigenvalue weighted by molar-refractivity contribution is -0.137. The van der Waals surface area contributed by atoms with Gasteiger partial charge in [0.25, 0.3) is 0 Å². The van der Waals surface area contributed by atoms with E-state index in [0.717, 1.165) is 44.2 Å². The first-order valence-corrected chi connectivity index (χ1v) is 13.9. The Morgan fingerprint density at radius 3 is 2.41 bits per heavy atom. The number of benzene rings is 1. The highest BCUT2D eigenvalue weighted by atomic mass is 16.2. The van der Waals surface area contributed by atoms with Crippen LogP contribution in [-0.2, 0) is 17.6 Å². The fourth-order valence-corrected chi connectivity index (χ4v) is 5.91. The van der Waals surface area contributed by atoms with Gasteiger partial charge in [0.05, 0.1) is 11.2 Å². The first kappa shape index (κ1) is 27.3. The van der Waals surface area contributed by atoms with Gasteiger partial charge in [-0.3, -0.25) is 14.7 Å². The number of fused-ring (bicyclic) bond motifs is 1. The fourth-order valence-electron chi connectivity index (χ4n) is 5.91. The molecule has 11 heteroatoms. The van der Waals surface area contributed by atoms with Gasteiger partial charge >= 0.3 is 11.7 Å². The zero-order valence-corrected chi connectivity index (χ0v) is 22.9. The number of aromatic nitrogens is 2. The number of nitrogens with one attached hydrogen (secondary N) is 2. The van der Waals surface area contributed by atoms with Crippen LogP contribution < -0.4 is 27.8 Å². The highest BCUT2D eigenvalue weighted by Crippen LogP contribution is 2.26. The van der Waals surface area contributed by atoms with Crippen molar-refractivity contribution in [3.05, 3.63) is 52.1 Å². The monoisotopic (exact) mass is 536 g/mol. The number of anilines is 1. The molecule has 2 heterocycles. The molecular weight excluding hydrogens is 496 g/mol. The van der Waals surface area contributed by atoms with Crippen molar-refractivity contribution in [3.8, 4) is 5.69 Å². The number of nitrogens with two attached hydrogens (primary N) is 2. The lowest BCUT2D eigenvalue weighted by Crippen LogP contribution is -2.58. The Morgan fingerprint density at radius 1 is 1.00 bits per heavy atom. The van der Waals surface area contributed by atoms with Crippen LogP contribution in [0.25, 0.3) is 5.69 Å². The second-order valence-corrected chi connectivity index (χ2v) is 11.7. The normalized spacial score (nSPS) is 23.4. The van der Waals surface area contributed by atoms with E-state index in [1.165, 1.54) is 15.7 Å². The quantitative estimate of drug-likeness (QED) is 0.444. The minimum atomic E-state index is -0.944. The summed E-state index contributed by atoms with van der Waals surface area (Å²) in [6.45, 7) is 4.92. The van der Waals surface area contributed by atoms with Gasteiger partial charge in [-0.05, 0) is 81.7 Å². The molecule has 1 aromatic carbocycles. The van der Waals surface area contributed by atoms with Crippen LogP contribution in [0.15, 0.2) is 35.3 Å². The summed E-state index contributed by atoms with van der Waals surface area (Å²) < 4.78 is 1.50. The van der Waals surface area contributed by atoms with Crippen LogP contribution in [0.1, 0.15) is 50.7 Å². The van der Waals surface area contributed by atoms with Crippen LogP contribution in [0, 0.1) is 0 Å². The maximum Gasteiger partial charge on any atom is 0.354 e. The Hall–Kier alpha value is -3.28. The van der Waals surface area contributed by atoms with Gasteiger partial charge in [-0.1, -0.05) is 6.07 Å². The Labute approximate surface area is 228 Å². The van der Waals surface area contributed by atoms with Gasteiger partial charge in [0, 0.05) is 50.5 Å². The van der Waals surface area contributed by atoms with E-state index in [1.807, 2.05) is 6.07 Å². The van der Waals surface area contributed by atoms with Gasteiger partial charge in [-0.15, -0.1) is 0 Å². The standard InChI is InChI=1S/C28H40N8O3/c1-28(2,30)25(37)34-11-13-35(14-12-34)26(38)32-24-9-10-36(27(39)33-24)23-8-4-18-15-21(6-3-19(18)16-23)31-22-7-5-20(29)17-22/h4,8-10,16,20-22,31H,3,5-7,11-15,17,29-30H2,1-2H3,(H,32,33,38,39)/t20-,21?,22+/m1/s1. The topological polar surface area (TPSA) is 152 Å². The molecule has 1 aliphatic heterocycles. The maximum absolute atomic E-state index is 12.9. The average Bonchev–Trinajstić information content (AvgIpc) is 3.32. The summed E-state index contributed by atoms with van der Waals surface area (Å²) in [6, 6.07) is 8.71. The van der Waals surface area contributed by atoms with Gasteiger partial charge in [-0.25, -0.2) is 9.59 Å². The van der Waals surface area contributed by atoms with Gasteiger partial charge in [-0.2, -0.15) is 4.98 Å². The van der Waals surface area contributed by atoms with Crippen LogP contribution in [0.2, 0.25) is 0 Å². The van der Waals surface area contributed by atoms with Crippen molar-refractivity contribution >= 4 is 17.8 Å². The van der Waals surface area contributed by atoms with E-state index in [2.05, 4.69) is 27.8 Å². The molecule has 0 bridgehead atoms.